The average molecular weight is 534 g/mol. The summed E-state index contributed by atoms with van der Waals surface area (Å²) in [6.07, 6.45) is 10.6. The van der Waals surface area contributed by atoms with E-state index in [1.807, 2.05) is 37.0 Å². The quantitative estimate of drug-likeness (QED) is 0.292. The average Bonchev–Trinajstić information content (AvgIpc) is 3.30. The highest BCUT2D eigenvalue weighted by molar-refractivity contribution is 7.99. The molecule has 0 radical (unpaired) electrons. The maximum absolute atomic E-state index is 12.6. The van der Waals surface area contributed by atoms with Crippen LogP contribution in [0, 0.1) is 6.92 Å². The first-order valence-corrected chi connectivity index (χ1v) is 13.8. The predicted octanol–water partition coefficient (Wildman–Crippen LogP) is 6.10. The first kappa shape index (κ1) is 27.7. The van der Waals surface area contributed by atoms with Gasteiger partial charge in [0.2, 0.25) is 0 Å². The number of carboxylic acids is 1. The van der Waals surface area contributed by atoms with Crippen molar-refractivity contribution < 1.29 is 19.4 Å². The van der Waals surface area contributed by atoms with Crippen molar-refractivity contribution in [2.75, 3.05) is 19.7 Å². The molecule has 1 atom stereocenters. The van der Waals surface area contributed by atoms with E-state index in [1.165, 1.54) is 17.3 Å². The number of hydrogen-bond acceptors (Lipinski definition) is 6. The molecule has 1 unspecified atom stereocenters. The SMILES string of the molecule is C=C(C=CC/C=C\C)C1COC(=O)N1C1CCN(Cc2ccc(Sc3ccc(C(=O)O)cc3)nc2C)CC1. The van der Waals surface area contributed by atoms with Crippen LogP contribution in [0.25, 0.3) is 0 Å². The van der Waals surface area contributed by atoms with Crippen molar-refractivity contribution in [3.8, 4) is 0 Å². The van der Waals surface area contributed by atoms with Gasteiger partial charge in [0.05, 0.1) is 11.6 Å². The van der Waals surface area contributed by atoms with Gasteiger partial charge >= 0.3 is 12.1 Å². The molecule has 2 aliphatic rings. The van der Waals surface area contributed by atoms with Crippen molar-refractivity contribution in [2.45, 2.75) is 61.7 Å². The topological polar surface area (TPSA) is 83.0 Å². The Morgan fingerprint density at radius 2 is 1.92 bits per heavy atom. The lowest BCUT2D eigenvalue weighted by Gasteiger charge is -2.38. The maximum Gasteiger partial charge on any atom is 0.410 e. The Morgan fingerprint density at radius 1 is 1.18 bits per heavy atom. The van der Waals surface area contributed by atoms with Gasteiger partial charge < -0.3 is 9.84 Å². The summed E-state index contributed by atoms with van der Waals surface area (Å²) in [7, 11) is 0. The van der Waals surface area contributed by atoms with Gasteiger partial charge in [-0.1, -0.05) is 48.7 Å². The van der Waals surface area contributed by atoms with Gasteiger partial charge in [0, 0.05) is 36.3 Å². The fourth-order valence-electron chi connectivity index (χ4n) is 4.84. The number of rotatable bonds is 10. The fraction of sp³-hybridized carbons (Fsp3) is 0.367. The van der Waals surface area contributed by atoms with Crippen molar-refractivity contribution >= 4 is 23.8 Å². The second kappa shape index (κ2) is 12.9. The van der Waals surface area contributed by atoms with Crippen LogP contribution in [0.2, 0.25) is 0 Å². The normalized spacial score (nSPS) is 18.9. The molecule has 2 saturated heterocycles. The van der Waals surface area contributed by atoms with Gasteiger partial charge in [-0.05, 0) is 74.6 Å². The Balaban J connectivity index is 1.31. The maximum atomic E-state index is 12.6. The van der Waals surface area contributed by atoms with Crippen molar-refractivity contribution in [3.63, 3.8) is 0 Å². The number of hydrogen-bond donors (Lipinski definition) is 1. The number of nitrogens with zero attached hydrogens (tertiary/aromatic N) is 3. The number of cyclic esters (lactones) is 1. The van der Waals surface area contributed by atoms with Crippen LogP contribution in [-0.4, -0.2) is 63.7 Å². The van der Waals surface area contributed by atoms with E-state index in [2.05, 4.69) is 29.7 Å². The first-order valence-electron chi connectivity index (χ1n) is 13.0. The number of carbonyl (C=O) groups is 2. The Kier molecular flexibility index (Phi) is 9.42. The van der Waals surface area contributed by atoms with Crippen molar-refractivity contribution in [3.05, 3.63) is 89.7 Å². The molecule has 1 amide bonds. The Bertz CT molecular complexity index is 1220. The second-order valence-corrected chi connectivity index (χ2v) is 10.7. The Hall–Kier alpha value is -3.36. The van der Waals surface area contributed by atoms with Gasteiger partial charge in [-0.2, -0.15) is 0 Å². The van der Waals surface area contributed by atoms with E-state index in [1.54, 1.807) is 24.3 Å². The van der Waals surface area contributed by atoms with Crippen LogP contribution >= 0.6 is 11.8 Å². The third kappa shape index (κ3) is 6.94. The predicted molar refractivity (Wildman–Crippen MR) is 149 cm³/mol. The van der Waals surface area contributed by atoms with E-state index in [4.69, 9.17) is 14.8 Å². The molecule has 8 heteroatoms. The van der Waals surface area contributed by atoms with Crippen LogP contribution < -0.4 is 0 Å². The summed E-state index contributed by atoms with van der Waals surface area (Å²) in [4.78, 5) is 33.7. The molecule has 1 aromatic carbocycles. The molecular formula is C30H35N3O4S. The molecule has 200 valence electrons. The molecule has 1 aromatic heterocycles. The summed E-state index contributed by atoms with van der Waals surface area (Å²) in [6, 6.07) is 11.0. The van der Waals surface area contributed by atoms with Crippen LogP contribution in [0.1, 0.15) is 47.8 Å². The summed E-state index contributed by atoms with van der Waals surface area (Å²) in [5, 5.41) is 9.95. The number of pyridine rings is 1. The van der Waals surface area contributed by atoms with Crippen LogP contribution in [0.15, 0.2) is 82.8 Å². The molecule has 0 aliphatic carbocycles. The highest BCUT2D eigenvalue weighted by atomic mass is 32.2. The lowest BCUT2D eigenvalue weighted by molar-refractivity contribution is 0.0696. The number of aryl methyl sites for hydroxylation is 1. The minimum atomic E-state index is -0.928. The number of allylic oxidation sites excluding steroid dienone is 3. The summed E-state index contributed by atoms with van der Waals surface area (Å²) in [6.45, 7) is 11.2. The van der Waals surface area contributed by atoms with E-state index in [-0.39, 0.29) is 23.7 Å². The monoisotopic (exact) mass is 533 g/mol. The number of carbonyl (C=O) groups excluding carboxylic acids is 1. The van der Waals surface area contributed by atoms with Crippen LogP contribution in [0.5, 0.6) is 0 Å². The van der Waals surface area contributed by atoms with E-state index in [9.17, 15) is 9.59 Å². The number of amides is 1. The summed E-state index contributed by atoms with van der Waals surface area (Å²) in [5.41, 5.74) is 3.37. The molecule has 7 nitrogen and oxygen atoms in total. The molecule has 0 spiro atoms. The second-order valence-electron chi connectivity index (χ2n) is 9.61. The smallest absolute Gasteiger partial charge is 0.410 e. The molecule has 0 bridgehead atoms. The molecule has 0 saturated carbocycles. The van der Waals surface area contributed by atoms with Gasteiger partial charge in [-0.3, -0.25) is 9.80 Å². The van der Waals surface area contributed by atoms with E-state index in [0.717, 1.165) is 60.1 Å². The summed E-state index contributed by atoms with van der Waals surface area (Å²) in [5.74, 6) is -0.928. The van der Waals surface area contributed by atoms with E-state index < -0.39 is 5.97 Å². The number of carboxylic acid groups (broad SMARTS) is 1. The third-order valence-electron chi connectivity index (χ3n) is 7.02. The molecular weight excluding hydrogens is 498 g/mol. The van der Waals surface area contributed by atoms with Gasteiger partial charge in [-0.15, -0.1) is 0 Å². The zero-order valence-corrected chi connectivity index (χ0v) is 22.8. The van der Waals surface area contributed by atoms with E-state index >= 15 is 0 Å². The highest BCUT2D eigenvalue weighted by Crippen LogP contribution is 2.30. The van der Waals surface area contributed by atoms with Gasteiger partial charge in [-0.25, -0.2) is 14.6 Å². The number of aromatic nitrogens is 1. The van der Waals surface area contributed by atoms with Crippen LogP contribution in [-0.2, 0) is 11.3 Å². The molecule has 3 heterocycles. The van der Waals surface area contributed by atoms with Crippen molar-refractivity contribution in [1.82, 2.24) is 14.8 Å². The number of likely N-dealkylation sites (tertiary alicyclic amines) is 1. The molecule has 2 aromatic rings. The number of aromatic carboxylic acids is 1. The Labute approximate surface area is 228 Å². The zero-order chi connectivity index (χ0) is 27.1. The fourth-order valence-corrected chi connectivity index (χ4v) is 5.67. The molecule has 1 N–H and O–H groups in total. The van der Waals surface area contributed by atoms with Gasteiger partial charge in [0.15, 0.2) is 0 Å². The van der Waals surface area contributed by atoms with Crippen molar-refractivity contribution in [1.29, 1.82) is 0 Å². The van der Waals surface area contributed by atoms with Gasteiger partial charge in [0.25, 0.3) is 0 Å². The van der Waals surface area contributed by atoms with Crippen LogP contribution in [0.4, 0.5) is 4.79 Å². The zero-order valence-electron chi connectivity index (χ0n) is 22.0. The third-order valence-corrected chi connectivity index (χ3v) is 7.96. The van der Waals surface area contributed by atoms with E-state index in [0.29, 0.717) is 6.61 Å². The largest absolute Gasteiger partial charge is 0.478 e. The lowest BCUT2D eigenvalue weighted by atomic mass is 9.99. The first-order chi connectivity index (χ1) is 18.4. The minimum Gasteiger partial charge on any atom is -0.478 e. The Morgan fingerprint density at radius 3 is 2.58 bits per heavy atom. The number of piperidine rings is 1. The number of ether oxygens (including phenoxy) is 1. The molecule has 38 heavy (non-hydrogen) atoms. The summed E-state index contributed by atoms with van der Waals surface area (Å²) < 4.78 is 5.42. The lowest BCUT2D eigenvalue weighted by Crippen LogP contribution is -2.48. The summed E-state index contributed by atoms with van der Waals surface area (Å²) >= 11 is 1.52. The highest BCUT2D eigenvalue weighted by Gasteiger charge is 2.40. The number of benzene rings is 1. The van der Waals surface area contributed by atoms with Gasteiger partial charge in [0.1, 0.15) is 11.6 Å². The molecule has 2 aliphatic heterocycles. The molecule has 4 rings (SSSR count). The van der Waals surface area contributed by atoms with Crippen molar-refractivity contribution in [2.24, 2.45) is 0 Å². The van der Waals surface area contributed by atoms with Crippen LogP contribution in [0.3, 0.4) is 0 Å². The molecule has 2 fully saturated rings. The standard InChI is InChI=1S/C30H35N3O4S/c1-4-5-6-7-8-21(2)27-20-37-30(36)33(27)25-15-17-32(18-16-25)19-24-11-14-28(31-22(24)3)38-26-12-9-23(10-13-26)29(34)35/h4-5,7-14,25,27H,2,6,15-20H2,1,3H3,(H,34,35)/b5-4-,8-7?. The minimum absolute atomic E-state index is 0.0993.